The van der Waals surface area contributed by atoms with Crippen LogP contribution in [0.1, 0.15) is 51.4 Å². The van der Waals surface area contributed by atoms with Crippen LogP contribution in [0.4, 0.5) is 4.79 Å². The van der Waals surface area contributed by atoms with Gasteiger partial charge in [0.05, 0.1) is 4.90 Å². The first-order chi connectivity index (χ1) is 13.4. The van der Waals surface area contributed by atoms with Crippen LogP contribution >= 0.6 is 11.6 Å². The van der Waals surface area contributed by atoms with E-state index in [0.717, 1.165) is 19.3 Å². The largest absolute Gasteiger partial charge is 0.338 e. The van der Waals surface area contributed by atoms with E-state index in [0.29, 0.717) is 24.7 Å². The Balaban J connectivity index is 1.46. The number of carbonyl (C=O) groups is 1. The molecule has 1 aromatic carbocycles. The molecule has 2 aliphatic rings. The van der Waals surface area contributed by atoms with Crippen LogP contribution in [0.5, 0.6) is 0 Å². The van der Waals surface area contributed by atoms with Crippen molar-refractivity contribution in [3.8, 4) is 0 Å². The van der Waals surface area contributed by atoms with Crippen LogP contribution in [-0.2, 0) is 10.0 Å². The van der Waals surface area contributed by atoms with Gasteiger partial charge in [-0.2, -0.15) is 4.31 Å². The van der Waals surface area contributed by atoms with Gasteiger partial charge in [-0.25, -0.2) is 13.2 Å². The number of hydrogen-bond acceptors (Lipinski definition) is 3. The van der Waals surface area contributed by atoms with Gasteiger partial charge in [0.25, 0.3) is 0 Å². The van der Waals surface area contributed by atoms with Crippen LogP contribution in [0.3, 0.4) is 0 Å². The van der Waals surface area contributed by atoms with Gasteiger partial charge >= 0.3 is 6.03 Å². The van der Waals surface area contributed by atoms with Gasteiger partial charge < -0.3 is 10.6 Å². The lowest BCUT2D eigenvalue weighted by Gasteiger charge is -2.22. The zero-order valence-electron chi connectivity index (χ0n) is 16.2. The standard InChI is InChI=1S/C20H30ClN3O3S/c21-17-7-6-10-19(13-17)28(26,27)24-12-11-16(15-24)14-22-20(25)23-18-8-4-2-1-3-5-9-18/h6-7,10,13,16,18H,1-5,8-9,11-12,14-15H2,(H2,22,23,25). The number of rotatable bonds is 5. The van der Waals surface area contributed by atoms with Crippen LogP contribution in [0.2, 0.25) is 5.02 Å². The number of hydrogen-bond donors (Lipinski definition) is 2. The van der Waals surface area contributed by atoms with Crippen LogP contribution in [0.15, 0.2) is 29.2 Å². The van der Waals surface area contributed by atoms with E-state index in [9.17, 15) is 13.2 Å². The molecule has 28 heavy (non-hydrogen) atoms. The molecule has 156 valence electrons. The number of carbonyl (C=O) groups excluding carboxylic acids is 1. The number of amides is 2. The fourth-order valence-electron chi connectivity index (χ4n) is 4.03. The predicted molar refractivity (Wildman–Crippen MR) is 111 cm³/mol. The summed E-state index contributed by atoms with van der Waals surface area (Å²) >= 11 is 5.93. The Bertz CT molecular complexity index is 764. The van der Waals surface area contributed by atoms with Gasteiger partial charge in [0, 0.05) is 30.7 Å². The number of nitrogens with one attached hydrogen (secondary N) is 2. The highest BCUT2D eigenvalue weighted by atomic mass is 35.5. The summed E-state index contributed by atoms with van der Waals surface area (Å²) in [5, 5.41) is 6.43. The van der Waals surface area contributed by atoms with Crippen molar-refractivity contribution in [2.24, 2.45) is 5.92 Å². The molecule has 1 aromatic rings. The quantitative estimate of drug-likeness (QED) is 0.750. The van der Waals surface area contributed by atoms with Gasteiger partial charge in [-0.05, 0) is 43.4 Å². The maximum Gasteiger partial charge on any atom is 0.315 e. The normalized spacial score (nSPS) is 22.4. The van der Waals surface area contributed by atoms with E-state index in [4.69, 9.17) is 11.6 Å². The molecular weight excluding hydrogens is 398 g/mol. The molecule has 1 saturated heterocycles. The van der Waals surface area contributed by atoms with Crippen molar-refractivity contribution in [2.45, 2.75) is 62.3 Å². The summed E-state index contributed by atoms with van der Waals surface area (Å²) in [6.07, 6.45) is 8.97. The van der Waals surface area contributed by atoms with Crippen LogP contribution in [-0.4, -0.2) is 44.4 Å². The molecule has 2 amide bonds. The second-order valence-corrected chi connectivity index (χ2v) is 10.2. The van der Waals surface area contributed by atoms with Crippen molar-refractivity contribution in [1.82, 2.24) is 14.9 Å². The van der Waals surface area contributed by atoms with Gasteiger partial charge in [0.2, 0.25) is 10.0 Å². The fraction of sp³-hybridized carbons (Fsp3) is 0.650. The third kappa shape index (κ3) is 5.84. The summed E-state index contributed by atoms with van der Waals surface area (Å²) < 4.78 is 27.0. The Morgan fingerprint density at radius 2 is 1.82 bits per heavy atom. The molecule has 1 saturated carbocycles. The molecule has 0 aromatic heterocycles. The van der Waals surface area contributed by atoms with Crippen molar-refractivity contribution < 1.29 is 13.2 Å². The highest BCUT2D eigenvalue weighted by molar-refractivity contribution is 7.89. The van der Waals surface area contributed by atoms with E-state index >= 15 is 0 Å². The van der Waals surface area contributed by atoms with Gasteiger partial charge in [0.15, 0.2) is 0 Å². The molecule has 1 aliphatic carbocycles. The predicted octanol–water partition coefficient (Wildman–Crippen LogP) is 3.76. The molecule has 1 unspecified atom stereocenters. The average Bonchev–Trinajstić information content (AvgIpc) is 3.12. The van der Waals surface area contributed by atoms with Crippen molar-refractivity contribution >= 4 is 27.7 Å². The molecule has 0 spiro atoms. The maximum atomic E-state index is 12.8. The van der Waals surface area contributed by atoms with Crippen LogP contribution in [0.25, 0.3) is 0 Å². The van der Waals surface area contributed by atoms with Gasteiger partial charge in [-0.15, -0.1) is 0 Å². The molecule has 0 bridgehead atoms. The molecule has 3 rings (SSSR count). The molecule has 1 heterocycles. The topological polar surface area (TPSA) is 78.5 Å². The lowest BCUT2D eigenvalue weighted by atomic mass is 9.97. The first-order valence-electron chi connectivity index (χ1n) is 10.3. The Labute approximate surface area is 173 Å². The molecule has 6 nitrogen and oxygen atoms in total. The molecular formula is C20H30ClN3O3S. The molecule has 1 aliphatic heterocycles. The van der Waals surface area contributed by atoms with Crippen molar-refractivity contribution in [3.05, 3.63) is 29.3 Å². The summed E-state index contributed by atoms with van der Waals surface area (Å²) in [6, 6.07) is 6.46. The Morgan fingerprint density at radius 3 is 2.54 bits per heavy atom. The Hall–Kier alpha value is -1.31. The second-order valence-electron chi connectivity index (χ2n) is 7.87. The van der Waals surface area contributed by atoms with Crippen molar-refractivity contribution in [3.63, 3.8) is 0 Å². The average molecular weight is 428 g/mol. The lowest BCUT2D eigenvalue weighted by Crippen LogP contribution is -2.44. The summed E-state index contributed by atoms with van der Waals surface area (Å²) in [6.45, 7) is 1.37. The lowest BCUT2D eigenvalue weighted by molar-refractivity contribution is 0.232. The van der Waals surface area contributed by atoms with Gasteiger partial charge in [-0.3, -0.25) is 0 Å². The monoisotopic (exact) mass is 427 g/mol. The third-order valence-corrected chi connectivity index (χ3v) is 7.77. The first kappa shape index (κ1) is 21.4. The first-order valence-corrected chi connectivity index (χ1v) is 12.1. The van der Waals surface area contributed by atoms with Crippen LogP contribution in [0, 0.1) is 5.92 Å². The summed E-state index contributed by atoms with van der Waals surface area (Å²) in [4.78, 5) is 12.5. The van der Waals surface area contributed by atoms with Gasteiger partial charge in [-0.1, -0.05) is 49.8 Å². The maximum absolute atomic E-state index is 12.8. The summed E-state index contributed by atoms with van der Waals surface area (Å²) in [5.74, 6) is 0.122. The number of benzene rings is 1. The Kier molecular flexibility index (Phi) is 7.60. The number of sulfonamides is 1. The zero-order valence-corrected chi connectivity index (χ0v) is 17.8. The highest BCUT2D eigenvalue weighted by Crippen LogP contribution is 2.25. The van der Waals surface area contributed by atoms with Crippen molar-refractivity contribution in [1.29, 1.82) is 0 Å². The van der Waals surface area contributed by atoms with E-state index in [1.807, 2.05) is 0 Å². The Morgan fingerprint density at radius 1 is 1.11 bits per heavy atom. The smallest absolute Gasteiger partial charge is 0.315 e. The third-order valence-electron chi connectivity index (χ3n) is 5.67. The zero-order chi connectivity index (χ0) is 20.0. The van der Waals surface area contributed by atoms with E-state index in [2.05, 4.69) is 10.6 Å². The molecule has 0 radical (unpaired) electrons. The van der Waals surface area contributed by atoms with E-state index in [1.165, 1.54) is 42.5 Å². The molecule has 2 N–H and O–H groups in total. The minimum atomic E-state index is -3.54. The van der Waals surface area contributed by atoms with E-state index in [1.54, 1.807) is 18.2 Å². The number of halogens is 1. The summed E-state index contributed by atoms with van der Waals surface area (Å²) in [5.41, 5.74) is 0. The SMILES string of the molecule is O=C(NCC1CCN(S(=O)(=O)c2cccc(Cl)c2)C1)NC1CCCCCCC1. The number of nitrogens with zero attached hydrogens (tertiary/aromatic N) is 1. The minimum Gasteiger partial charge on any atom is -0.338 e. The van der Waals surface area contributed by atoms with Gasteiger partial charge in [0.1, 0.15) is 0 Å². The van der Waals surface area contributed by atoms with Crippen LogP contribution < -0.4 is 10.6 Å². The minimum absolute atomic E-state index is 0.122. The van der Waals surface area contributed by atoms with E-state index < -0.39 is 10.0 Å². The van der Waals surface area contributed by atoms with E-state index in [-0.39, 0.29) is 22.9 Å². The van der Waals surface area contributed by atoms with Crippen molar-refractivity contribution in [2.75, 3.05) is 19.6 Å². The molecule has 1 atom stereocenters. The fourth-order valence-corrected chi connectivity index (χ4v) is 5.86. The second kappa shape index (κ2) is 9.94. The summed E-state index contributed by atoms with van der Waals surface area (Å²) in [7, 11) is -3.54. The molecule has 2 fully saturated rings. The highest BCUT2D eigenvalue weighted by Gasteiger charge is 2.32. The number of urea groups is 1. The molecule has 8 heteroatoms.